The first-order valence-electron chi connectivity index (χ1n) is 8.46. The minimum absolute atomic E-state index is 0.644. The lowest BCUT2D eigenvalue weighted by Crippen LogP contribution is -2.29. The number of hydrogen-bond donors (Lipinski definition) is 1. The van der Waals surface area contributed by atoms with Gasteiger partial charge in [-0.3, -0.25) is 0 Å². The monoisotopic (exact) mass is 353 g/mol. The number of halogens is 1. The molecule has 0 saturated carbocycles. The smallest absolute Gasteiger partial charge is 0.214 e. The summed E-state index contributed by atoms with van der Waals surface area (Å²) in [5.74, 6) is 1.52. The predicted molar refractivity (Wildman–Crippen MR) is 102 cm³/mol. The van der Waals surface area contributed by atoms with E-state index < -0.39 is 0 Å². The molecule has 128 valence electrons. The van der Waals surface area contributed by atoms with E-state index in [-0.39, 0.29) is 0 Å². The van der Waals surface area contributed by atoms with E-state index in [1.165, 1.54) is 11.3 Å². The number of aryl methyl sites for hydroxylation is 1. The topological polar surface area (TPSA) is 55.3 Å². The zero-order valence-electron chi connectivity index (χ0n) is 14.1. The molecule has 0 fully saturated rings. The van der Waals surface area contributed by atoms with Crippen LogP contribution in [0.5, 0.6) is 0 Å². The third-order valence-corrected chi connectivity index (χ3v) is 4.91. The van der Waals surface area contributed by atoms with Gasteiger partial charge in [-0.05, 0) is 61.7 Å². The van der Waals surface area contributed by atoms with E-state index in [2.05, 4.69) is 16.0 Å². The molecule has 0 aliphatic carbocycles. The van der Waals surface area contributed by atoms with Gasteiger partial charge in [0.1, 0.15) is 0 Å². The molecule has 1 aliphatic heterocycles. The van der Waals surface area contributed by atoms with Crippen molar-refractivity contribution in [2.45, 2.75) is 26.3 Å². The Bertz CT molecular complexity index is 902. The molecule has 4 rings (SSSR count). The first-order valence-corrected chi connectivity index (χ1v) is 8.84. The number of benzene rings is 2. The third kappa shape index (κ3) is 3.10. The Morgan fingerprint density at radius 2 is 2.00 bits per heavy atom. The Labute approximate surface area is 152 Å². The van der Waals surface area contributed by atoms with Crippen molar-refractivity contribution in [1.29, 1.82) is 0 Å². The number of aromatic nitrogens is 1. The first kappa shape index (κ1) is 16.0. The van der Waals surface area contributed by atoms with E-state index in [1.54, 1.807) is 0 Å². The quantitative estimate of drug-likeness (QED) is 0.684. The van der Waals surface area contributed by atoms with Gasteiger partial charge in [-0.15, -0.1) is 0 Å². The summed E-state index contributed by atoms with van der Waals surface area (Å²) in [6, 6.07) is 13.7. The second-order valence-corrected chi connectivity index (χ2v) is 6.84. The number of oxazole rings is 1. The summed E-state index contributed by atoms with van der Waals surface area (Å²) >= 11 is 5.97. The molecule has 0 amide bonds. The maximum atomic E-state index is 6.14. The van der Waals surface area contributed by atoms with Crippen LogP contribution in [0, 0.1) is 6.92 Å². The van der Waals surface area contributed by atoms with Crippen LogP contribution < -0.4 is 10.6 Å². The summed E-state index contributed by atoms with van der Waals surface area (Å²) in [5.41, 5.74) is 11.3. The predicted octanol–water partition coefficient (Wildman–Crippen LogP) is 4.84. The zero-order chi connectivity index (χ0) is 17.4. The van der Waals surface area contributed by atoms with Crippen molar-refractivity contribution in [3.63, 3.8) is 0 Å². The molecule has 4 nitrogen and oxygen atoms in total. The second-order valence-electron chi connectivity index (χ2n) is 6.40. The highest BCUT2D eigenvalue weighted by molar-refractivity contribution is 6.30. The molecule has 0 radical (unpaired) electrons. The van der Waals surface area contributed by atoms with Crippen molar-refractivity contribution in [1.82, 2.24) is 4.98 Å². The van der Waals surface area contributed by atoms with Crippen molar-refractivity contribution in [2.75, 3.05) is 17.2 Å². The highest BCUT2D eigenvalue weighted by Crippen LogP contribution is 2.33. The van der Waals surface area contributed by atoms with Gasteiger partial charge in [0.2, 0.25) is 5.89 Å². The molecule has 25 heavy (non-hydrogen) atoms. The van der Waals surface area contributed by atoms with Gasteiger partial charge >= 0.3 is 0 Å². The SMILES string of the molecule is Cc1nc(CN2CCCc3c(N)cccc32)oc1-c1ccc(Cl)cc1. The summed E-state index contributed by atoms with van der Waals surface area (Å²) in [7, 11) is 0. The molecule has 0 saturated heterocycles. The Balaban J connectivity index is 1.62. The van der Waals surface area contributed by atoms with Crippen LogP contribution in [0.4, 0.5) is 11.4 Å². The highest BCUT2D eigenvalue weighted by atomic mass is 35.5. The highest BCUT2D eigenvalue weighted by Gasteiger charge is 2.21. The number of nitrogens with two attached hydrogens (primary N) is 1. The lowest BCUT2D eigenvalue weighted by molar-refractivity contribution is 0.493. The summed E-state index contributed by atoms with van der Waals surface area (Å²) in [6.07, 6.45) is 2.12. The molecule has 0 unspecified atom stereocenters. The Kier molecular flexibility index (Phi) is 4.14. The molecule has 5 heteroatoms. The molecule has 2 N–H and O–H groups in total. The van der Waals surface area contributed by atoms with Crippen molar-refractivity contribution in [2.24, 2.45) is 0 Å². The average Bonchev–Trinajstić information content (AvgIpc) is 2.97. The number of anilines is 2. The average molecular weight is 354 g/mol. The molecular formula is C20H20ClN3O. The van der Waals surface area contributed by atoms with Crippen LogP contribution in [0.15, 0.2) is 46.9 Å². The number of nitrogen functional groups attached to an aromatic ring is 1. The molecular weight excluding hydrogens is 334 g/mol. The fraction of sp³-hybridized carbons (Fsp3) is 0.250. The first-order chi connectivity index (χ1) is 12.1. The standard InChI is InChI=1S/C20H20ClN3O/c1-13-20(14-7-9-15(21)10-8-14)25-19(23-13)12-24-11-3-4-16-17(22)5-2-6-18(16)24/h2,5-10H,3-4,11-12,22H2,1H3. The molecule has 0 spiro atoms. The van der Waals surface area contributed by atoms with Gasteiger partial charge in [0.05, 0.1) is 12.2 Å². The molecule has 2 heterocycles. The summed E-state index contributed by atoms with van der Waals surface area (Å²) in [6.45, 7) is 3.60. The fourth-order valence-corrected chi connectivity index (χ4v) is 3.57. The number of rotatable bonds is 3. The van der Waals surface area contributed by atoms with Crippen molar-refractivity contribution < 1.29 is 4.42 Å². The number of nitrogens with zero attached hydrogens (tertiary/aromatic N) is 2. The lowest BCUT2D eigenvalue weighted by Gasteiger charge is -2.31. The Morgan fingerprint density at radius 3 is 2.80 bits per heavy atom. The minimum Gasteiger partial charge on any atom is -0.438 e. The van der Waals surface area contributed by atoms with E-state index in [1.807, 2.05) is 43.3 Å². The van der Waals surface area contributed by atoms with E-state index in [4.69, 9.17) is 21.8 Å². The second kappa shape index (κ2) is 6.45. The molecule has 0 atom stereocenters. The van der Waals surface area contributed by atoms with Gasteiger partial charge in [0, 0.05) is 28.5 Å². The lowest BCUT2D eigenvalue weighted by atomic mass is 10.00. The van der Waals surface area contributed by atoms with Crippen LogP contribution in [0.25, 0.3) is 11.3 Å². The maximum absolute atomic E-state index is 6.14. The van der Waals surface area contributed by atoms with Crippen molar-refractivity contribution in [3.05, 3.63) is 64.6 Å². The van der Waals surface area contributed by atoms with Gasteiger partial charge in [-0.25, -0.2) is 4.98 Å². The largest absolute Gasteiger partial charge is 0.438 e. The Hall–Kier alpha value is -2.46. The van der Waals surface area contributed by atoms with Crippen LogP contribution in [0.2, 0.25) is 5.02 Å². The minimum atomic E-state index is 0.644. The molecule has 3 aromatic rings. The van der Waals surface area contributed by atoms with Crippen LogP contribution in [-0.2, 0) is 13.0 Å². The Morgan fingerprint density at radius 1 is 1.20 bits per heavy atom. The maximum Gasteiger partial charge on any atom is 0.214 e. The fourth-order valence-electron chi connectivity index (χ4n) is 3.44. The van der Waals surface area contributed by atoms with Gasteiger partial charge in [-0.2, -0.15) is 0 Å². The summed E-state index contributed by atoms with van der Waals surface area (Å²) in [5, 5.41) is 0.712. The van der Waals surface area contributed by atoms with Crippen LogP contribution in [0.1, 0.15) is 23.6 Å². The number of hydrogen-bond acceptors (Lipinski definition) is 4. The van der Waals surface area contributed by atoms with Gasteiger partial charge in [0.25, 0.3) is 0 Å². The molecule has 0 bridgehead atoms. The van der Waals surface area contributed by atoms with E-state index in [9.17, 15) is 0 Å². The normalized spacial score (nSPS) is 13.8. The van der Waals surface area contributed by atoms with E-state index >= 15 is 0 Å². The van der Waals surface area contributed by atoms with E-state index in [0.29, 0.717) is 11.6 Å². The molecule has 2 aromatic carbocycles. The summed E-state index contributed by atoms with van der Waals surface area (Å²) < 4.78 is 6.06. The van der Waals surface area contributed by atoms with Crippen LogP contribution in [-0.4, -0.2) is 11.5 Å². The van der Waals surface area contributed by atoms with Crippen LogP contribution >= 0.6 is 11.6 Å². The van der Waals surface area contributed by atoms with Gasteiger partial charge in [-0.1, -0.05) is 17.7 Å². The van der Waals surface area contributed by atoms with E-state index in [0.717, 1.165) is 48.0 Å². The van der Waals surface area contributed by atoms with Crippen molar-refractivity contribution >= 4 is 23.0 Å². The molecule has 1 aromatic heterocycles. The third-order valence-electron chi connectivity index (χ3n) is 4.66. The van der Waals surface area contributed by atoms with Gasteiger partial charge in [0.15, 0.2) is 5.76 Å². The van der Waals surface area contributed by atoms with Crippen molar-refractivity contribution in [3.8, 4) is 11.3 Å². The summed E-state index contributed by atoms with van der Waals surface area (Å²) in [4.78, 5) is 6.92. The zero-order valence-corrected chi connectivity index (χ0v) is 14.9. The van der Waals surface area contributed by atoms with Gasteiger partial charge < -0.3 is 15.1 Å². The number of fused-ring (bicyclic) bond motifs is 1. The van der Waals surface area contributed by atoms with Crippen LogP contribution in [0.3, 0.4) is 0 Å². The molecule has 1 aliphatic rings.